The highest BCUT2D eigenvalue weighted by Gasteiger charge is 2.36. The number of alkyl halides is 3. The zero-order valence-electron chi connectivity index (χ0n) is 5.20. The Morgan fingerprint density at radius 1 is 1.40 bits per heavy atom. The number of nitrogens with zero attached hydrogens (tertiary/aromatic N) is 1. The number of rotatable bonds is 0. The molecule has 1 aliphatic rings. The Labute approximate surface area is 56.1 Å². The van der Waals surface area contributed by atoms with Crippen molar-refractivity contribution in [3.05, 3.63) is 0 Å². The molecule has 0 radical (unpaired) electrons. The van der Waals surface area contributed by atoms with E-state index in [1.165, 1.54) is 0 Å². The molecule has 0 aromatic carbocycles. The minimum absolute atomic E-state index is 0.280. The monoisotopic (exact) mass is 152 g/mol. The van der Waals surface area contributed by atoms with Gasteiger partial charge >= 0.3 is 6.18 Å². The van der Waals surface area contributed by atoms with Crippen LogP contribution in [0.1, 0.15) is 6.42 Å². The van der Waals surface area contributed by atoms with Gasteiger partial charge in [-0.05, 0) is 6.42 Å². The summed E-state index contributed by atoms with van der Waals surface area (Å²) in [6.07, 6.45) is -3.61. The second-order valence-electron chi connectivity index (χ2n) is 2.01. The number of nitrogens with one attached hydrogen (secondary N) is 1. The summed E-state index contributed by atoms with van der Waals surface area (Å²) in [5.41, 5.74) is 0. The van der Waals surface area contributed by atoms with Gasteiger partial charge < -0.3 is 5.32 Å². The molecular formula is C5H7F3N2. The Bertz CT molecular complexity index is 149. The van der Waals surface area contributed by atoms with Crippen LogP contribution < -0.4 is 5.32 Å². The molecule has 58 valence electrons. The largest absolute Gasteiger partial charge is 0.448 e. The van der Waals surface area contributed by atoms with Gasteiger partial charge in [-0.3, -0.25) is 4.99 Å². The topological polar surface area (TPSA) is 24.4 Å². The lowest BCUT2D eigenvalue weighted by Crippen LogP contribution is -2.40. The van der Waals surface area contributed by atoms with Gasteiger partial charge in [-0.15, -0.1) is 0 Å². The first-order valence-corrected chi connectivity index (χ1v) is 2.96. The molecule has 1 N–H and O–H groups in total. The van der Waals surface area contributed by atoms with Crippen molar-refractivity contribution in [3.8, 4) is 0 Å². The van der Waals surface area contributed by atoms with Crippen LogP contribution in [0.5, 0.6) is 0 Å². The molecule has 0 aliphatic carbocycles. The summed E-state index contributed by atoms with van der Waals surface area (Å²) in [7, 11) is 0. The fraction of sp³-hybridized carbons (Fsp3) is 0.800. The van der Waals surface area contributed by atoms with Crippen LogP contribution in [0, 0.1) is 0 Å². The Morgan fingerprint density at radius 3 is 2.40 bits per heavy atom. The van der Waals surface area contributed by atoms with E-state index in [-0.39, 0.29) is 6.54 Å². The Kier molecular flexibility index (Phi) is 1.82. The molecule has 10 heavy (non-hydrogen) atoms. The maximum Gasteiger partial charge on any atom is 0.448 e. The van der Waals surface area contributed by atoms with Gasteiger partial charge in [0.05, 0.1) is 0 Å². The zero-order chi connectivity index (χ0) is 7.61. The molecule has 0 amide bonds. The molecule has 1 rings (SSSR count). The maximum atomic E-state index is 11.7. The summed E-state index contributed by atoms with van der Waals surface area (Å²) in [5, 5.41) is 2.18. The predicted octanol–water partition coefficient (Wildman–Crippen LogP) is 0.940. The van der Waals surface area contributed by atoms with E-state index in [0.717, 1.165) is 0 Å². The number of halogens is 3. The lowest BCUT2D eigenvalue weighted by Gasteiger charge is -2.16. The van der Waals surface area contributed by atoms with Gasteiger partial charge in [0.25, 0.3) is 0 Å². The minimum atomic E-state index is -4.29. The van der Waals surface area contributed by atoms with E-state index in [0.29, 0.717) is 13.0 Å². The zero-order valence-corrected chi connectivity index (χ0v) is 5.20. The molecule has 0 atom stereocenters. The van der Waals surface area contributed by atoms with Gasteiger partial charge in [-0.1, -0.05) is 0 Å². The van der Waals surface area contributed by atoms with Crippen LogP contribution in [0.15, 0.2) is 4.99 Å². The molecule has 0 saturated carbocycles. The van der Waals surface area contributed by atoms with Crippen LogP contribution in [-0.4, -0.2) is 25.1 Å². The average Bonchev–Trinajstić information content (AvgIpc) is 1.88. The summed E-state index contributed by atoms with van der Waals surface area (Å²) in [6.45, 7) is 0.653. The smallest absolute Gasteiger partial charge is 0.366 e. The standard InChI is InChI=1S/C5H7F3N2/c6-5(7,8)4-9-2-1-3-10-4/h1-3H2,(H,9,10). The molecule has 0 saturated heterocycles. The highest BCUT2D eigenvalue weighted by atomic mass is 19.4. The first kappa shape index (κ1) is 7.37. The summed E-state index contributed by atoms with van der Waals surface area (Å²) in [6, 6.07) is 0. The normalized spacial score (nSPS) is 19.7. The molecule has 0 aromatic heterocycles. The van der Waals surface area contributed by atoms with E-state index in [1.54, 1.807) is 0 Å². The molecule has 0 spiro atoms. The van der Waals surface area contributed by atoms with Crippen molar-refractivity contribution in [2.24, 2.45) is 4.99 Å². The van der Waals surface area contributed by atoms with E-state index >= 15 is 0 Å². The quantitative estimate of drug-likeness (QED) is 0.548. The fourth-order valence-corrected chi connectivity index (χ4v) is 0.722. The third kappa shape index (κ3) is 1.62. The minimum Gasteiger partial charge on any atom is -0.366 e. The van der Waals surface area contributed by atoms with E-state index < -0.39 is 12.0 Å². The van der Waals surface area contributed by atoms with Crippen molar-refractivity contribution < 1.29 is 13.2 Å². The summed E-state index contributed by atoms with van der Waals surface area (Å²) in [5.74, 6) is -0.834. The van der Waals surface area contributed by atoms with Crippen LogP contribution in [0.3, 0.4) is 0 Å². The molecule has 1 aliphatic heterocycles. The highest BCUT2D eigenvalue weighted by Crippen LogP contribution is 2.16. The number of hydrogen-bond donors (Lipinski definition) is 1. The molecule has 1 heterocycles. The Balaban J connectivity index is 2.62. The Hall–Kier alpha value is -0.740. The number of aliphatic imine (C=N–C) groups is 1. The van der Waals surface area contributed by atoms with Crippen LogP contribution in [0.4, 0.5) is 13.2 Å². The average molecular weight is 152 g/mol. The van der Waals surface area contributed by atoms with Crippen molar-refractivity contribution in [1.82, 2.24) is 5.32 Å². The summed E-state index contributed by atoms with van der Waals surface area (Å²) in [4.78, 5) is 3.28. The van der Waals surface area contributed by atoms with Crippen molar-refractivity contribution >= 4 is 5.84 Å². The van der Waals surface area contributed by atoms with Crippen LogP contribution >= 0.6 is 0 Å². The van der Waals surface area contributed by atoms with Crippen LogP contribution in [-0.2, 0) is 0 Å². The Morgan fingerprint density at radius 2 is 2.10 bits per heavy atom. The fourth-order valence-electron chi connectivity index (χ4n) is 0.722. The van der Waals surface area contributed by atoms with Crippen LogP contribution in [0.25, 0.3) is 0 Å². The summed E-state index contributed by atoms with van der Waals surface area (Å²) < 4.78 is 35.2. The molecule has 0 unspecified atom stereocenters. The molecule has 0 fully saturated rings. The summed E-state index contributed by atoms with van der Waals surface area (Å²) >= 11 is 0. The lowest BCUT2D eigenvalue weighted by molar-refractivity contribution is -0.0624. The molecule has 5 heteroatoms. The van der Waals surface area contributed by atoms with Gasteiger partial charge in [0.1, 0.15) is 0 Å². The van der Waals surface area contributed by atoms with Gasteiger partial charge in [0, 0.05) is 13.1 Å². The second kappa shape index (κ2) is 2.48. The maximum absolute atomic E-state index is 11.7. The van der Waals surface area contributed by atoms with E-state index in [1.807, 2.05) is 0 Å². The highest BCUT2D eigenvalue weighted by molar-refractivity contribution is 5.87. The van der Waals surface area contributed by atoms with Crippen molar-refractivity contribution in [3.63, 3.8) is 0 Å². The van der Waals surface area contributed by atoms with Crippen molar-refractivity contribution in [1.29, 1.82) is 0 Å². The second-order valence-corrected chi connectivity index (χ2v) is 2.01. The van der Waals surface area contributed by atoms with E-state index in [2.05, 4.69) is 10.3 Å². The van der Waals surface area contributed by atoms with Gasteiger partial charge in [0.15, 0.2) is 0 Å². The lowest BCUT2D eigenvalue weighted by atomic mass is 10.3. The SMILES string of the molecule is FC(F)(F)C1=NCCCN1. The van der Waals surface area contributed by atoms with Crippen LogP contribution in [0.2, 0.25) is 0 Å². The number of amidine groups is 1. The van der Waals surface area contributed by atoms with E-state index in [4.69, 9.17) is 0 Å². The molecule has 2 nitrogen and oxygen atoms in total. The third-order valence-electron chi connectivity index (χ3n) is 1.17. The first-order chi connectivity index (χ1) is 4.61. The molecule has 0 bridgehead atoms. The third-order valence-corrected chi connectivity index (χ3v) is 1.17. The predicted molar refractivity (Wildman–Crippen MR) is 31.0 cm³/mol. The first-order valence-electron chi connectivity index (χ1n) is 2.96. The van der Waals surface area contributed by atoms with Crippen molar-refractivity contribution in [2.75, 3.05) is 13.1 Å². The van der Waals surface area contributed by atoms with Gasteiger partial charge in [0.2, 0.25) is 5.84 Å². The number of hydrogen-bond acceptors (Lipinski definition) is 2. The van der Waals surface area contributed by atoms with E-state index in [9.17, 15) is 13.2 Å². The van der Waals surface area contributed by atoms with Crippen molar-refractivity contribution in [2.45, 2.75) is 12.6 Å². The molecular weight excluding hydrogens is 145 g/mol. The van der Waals surface area contributed by atoms with Gasteiger partial charge in [-0.25, -0.2) is 0 Å². The molecule has 0 aromatic rings. The van der Waals surface area contributed by atoms with Gasteiger partial charge in [-0.2, -0.15) is 13.2 Å².